The number of nitrogens with one attached hydrogen (secondary N) is 1. The molecule has 0 saturated heterocycles. The number of hydrogen-bond donors (Lipinski definition) is 1. The van der Waals surface area contributed by atoms with Crippen molar-refractivity contribution in [2.24, 2.45) is 0 Å². The van der Waals surface area contributed by atoms with Gasteiger partial charge in [-0.2, -0.15) is 0 Å². The number of fused-ring (bicyclic) bond motifs is 3. The lowest BCUT2D eigenvalue weighted by Crippen LogP contribution is -1.90. The van der Waals surface area contributed by atoms with Crippen molar-refractivity contribution < 1.29 is 0 Å². The van der Waals surface area contributed by atoms with Crippen molar-refractivity contribution in [3.63, 3.8) is 0 Å². The molecular formula is C25H16N2S. The highest BCUT2D eigenvalue weighted by molar-refractivity contribution is 7.25. The maximum atomic E-state index is 7.09. The van der Waals surface area contributed by atoms with Gasteiger partial charge in [0.05, 0.1) is 6.57 Å². The second kappa shape index (κ2) is 6.84. The molecule has 5 rings (SSSR count). The van der Waals surface area contributed by atoms with Crippen LogP contribution in [-0.2, 0) is 0 Å². The summed E-state index contributed by atoms with van der Waals surface area (Å²) in [6.45, 7) is 7.09. The van der Waals surface area contributed by atoms with Crippen molar-refractivity contribution in [3.05, 3.63) is 102 Å². The minimum atomic E-state index is 0.661. The van der Waals surface area contributed by atoms with Gasteiger partial charge in [0.15, 0.2) is 5.69 Å². The molecule has 132 valence electrons. The van der Waals surface area contributed by atoms with Gasteiger partial charge >= 0.3 is 0 Å². The molecule has 2 nitrogen and oxygen atoms in total. The zero-order chi connectivity index (χ0) is 18.9. The average Bonchev–Trinajstić information content (AvgIpc) is 3.12. The van der Waals surface area contributed by atoms with Gasteiger partial charge in [0, 0.05) is 31.5 Å². The molecule has 0 spiro atoms. The molecule has 0 bridgehead atoms. The summed E-state index contributed by atoms with van der Waals surface area (Å²) in [4.78, 5) is 3.46. The third-order valence-electron chi connectivity index (χ3n) is 4.86. The molecule has 5 aromatic rings. The highest BCUT2D eigenvalue weighted by Crippen LogP contribution is 2.36. The Bertz CT molecular complexity index is 1340. The molecule has 1 aromatic heterocycles. The van der Waals surface area contributed by atoms with Crippen LogP contribution in [0.15, 0.2) is 91.0 Å². The molecule has 0 aliphatic carbocycles. The molecule has 0 fully saturated rings. The van der Waals surface area contributed by atoms with Crippen LogP contribution in [0.2, 0.25) is 0 Å². The first kappa shape index (κ1) is 16.6. The average molecular weight is 376 g/mol. The minimum Gasteiger partial charge on any atom is -0.355 e. The van der Waals surface area contributed by atoms with E-state index >= 15 is 0 Å². The normalized spacial score (nSPS) is 10.8. The Labute approximate surface area is 167 Å². The maximum Gasteiger partial charge on any atom is 0.187 e. The summed E-state index contributed by atoms with van der Waals surface area (Å²) in [5.41, 5.74) is 5.02. The topological polar surface area (TPSA) is 16.4 Å². The zero-order valence-corrected chi connectivity index (χ0v) is 15.8. The lowest BCUT2D eigenvalue weighted by Gasteiger charge is -2.09. The van der Waals surface area contributed by atoms with E-state index in [0.717, 1.165) is 22.5 Å². The van der Waals surface area contributed by atoms with Gasteiger partial charge in [0.2, 0.25) is 0 Å². The van der Waals surface area contributed by atoms with E-state index in [4.69, 9.17) is 6.57 Å². The zero-order valence-electron chi connectivity index (χ0n) is 15.0. The Balaban J connectivity index is 1.49. The molecule has 0 radical (unpaired) electrons. The molecule has 0 atom stereocenters. The van der Waals surface area contributed by atoms with Gasteiger partial charge in [-0.05, 0) is 47.5 Å². The van der Waals surface area contributed by atoms with Crippen molar-refractivity contribution >= 4 is 48.6 Å². The largest absolute Gasteiger partial charge is 0.355 e. The summed E-state index contributed by atoms with van der Waals surface area (Å²) in [6.07, 6.45) is 0. The van der Waals surface area contributed by atoms with E-state index in [1.807, 2.05) is 35.6 Å². The van der Waals surface area contributed by atoms with Crippen molar-refractivity contribution in [3.8, 4) is 11.1 Å². The predicted molar refractivity (Wildman–Crippen MR) is 121 cm³/mol. The third kappa shape index (κ3) is 3.00. The van der Waals surface area contributed by atoms with Crippen molar-refractivity contribution in [2.45, 2.75) is 0 Å². The Morgan fingerprint density at radius 1 is 0.643 bits per heavy atom. The van der Waals surface area contributed by atoms with Crippen LogP contribution >= 0.6 is 11.3 Å². The fourth-order valence-electron chi connectivity index (χ4n) is 3.48. The van der Waals surface area contributed by atoms with Crippen LogP contribution < -0.4 is 5.32 Å². The van der Waals surface area contributed by atoms with Crippen LogP contribution in [0.1, 0.15) is 0 Å². The number of anilines is 2. The summed E-state index contributed by atoms with van der Waals surface area (Å²) in [6, 6.07) is 31.2. The lowest BCUT2D eigenvalue weighted by molar-refractivity contribution is 1.56. The number of nitrogens with zero attached hydrogens (tertiary/aromatic N) is 1. The van der Waals surface area contributed by atoms with E-state index < -0.39 is 0 Å². The van der Waals surface area contributed by atoms with E-state index in [0.29, 0.717) is 5.69 Å². The summed E-state index contributed by atoms with van der Waals surface area (Å²) in [5.74, 6) is 0. The molecule has 3 heteroatoms. The second-order valence-corrected chi connectivity index (χ2v) is 7.76. The Morgan fingerprint density at radius 2 is 1.43 bits per heavy atom. The molecule has 0 saturated carbocycles. The summed E-state index contributed by atoms with van der Waals surface area (Å²) >= 11 is 1.83. The van der Waals surface area contributed by atoms with Crippen molar-refractivity contribution in [1.29, 1.82) is 0 Å². The summed E-state index contributed by atoms with van der Waals surface area (Å²) < 4.78 is 2.62. The molecule has 1 N–H and O–H groups in total. The number of thiophene rings is 1. The van der Waals surface area contributed by atoms with Crippen LogP contribution in [0.3, 0.4) is 0 Å². The molecular weight excluding hydrogens is 360 g/mol. The van der Waals surface area contributed by atoms with E-state index in [1.54, 1.807) is 0 Å². The maximum absolute atomic E-state index is 7.09. The van der Waals surface area contributed by atoms with E-state index in [-0.39, 0.29) is 0 Å². The first-order valence-electron chi connectivity index (χ1n) is 9.06. The van der Waals surface area contributed by atoms with Gasteiger partial charge < -0.3 is 5.32 Å². The number of rotatable bonds is 3. The molecule has 0 amide bonds. The van der Waals surface area contributed by atoms with Gasteiger partial charge in [-0.25, -0.2) is 4.85 Å². The second-order valence-electron chi connectivity index (χ2n) is 6.67. The van der Waals surface area contributed by atoms with E-state index in [1.165, 1.54) is 20.2 Å². The van der Waals surface area contributed by atoms with Gasteiger partial charge in [0.1, 0.15) is 0 Å². The first-order chi connectivity index (χ1) is 13.8. The van der Waals surface area contributed by atoms with E-state index in [9.17, 15) is 0 Å². The van der Waals surface area contributed by atoms with Crippen molar-refractivity contribution in [1.82, 2.24) is 0 Å². The monoisotopic (exact) mass is 376 g/mol. The molecule has 1 heterocycles. The quantitative estimate of drug-likeness (QED) is 0.315. The standard InChI is InChI=1S/C25H16N2S/c1-26-19-11-9-17(10-12-19)18-5-4-6-20(15-18)27-21-13-14-25-23(16-21)22-7-2-3-8-24(22)28-25/h2-16,27H. The van der Waals surface area contributed by atoms with Gasteiger partial charge in [-0.15, -0.1) is 11.3 Å². The first-order valence-corrected chi connectivity index (χ1v) is 9.88. The van der Waals surface area contributed by atoms with Crippen LogP contribution in [0, 0.1) is 6.57 Å². The SMILES string of the molecule is [C-]#[N+]c1ccc(-c2cccc(Nc3ccc4sc5ccccc5c4c3)c2)cc1. The number of hydrogen-bond acceptors (Lipinski definition) is 2. The Hall–Kier alpha value is -3.61. The molecule has 28 heavy (non-hydrogen) atoms. The summed E-state index contributed by atoms with van der Waals surface area (Å²) in [7, 11) is 0. The van der Waals surface area contributed by atoms with Gasteiger partial charge in [-0.1, -0.05) is 54.6 Å². The molecule has 4 aromatic carbocycles. The summed E-state index contributed by atoms with van der Waals surface area (Å²) in [5, 5.41) is 6.13. The minimum absolute atomic E-state index is 0.661. The predicted octanol–water partition coefficient (Wildman–Crippen LogP) is 8.02. The van der Waals surface area contributed by atoms with Crippen LogP contribution in [0.25, 0.3) is 36.1 Å². The molecule has 0 unspecified atom stereocenters. The van der Waals surface area contributed by atoms with Crippen molar-refractivity contribution in [2.75, 3.05) is 5.32 Å². The highest BCUT2D eigenvalue weighted by Gasteiger charge is 2.06. The van der Waals surface area contributed by atoms with Crippen LogP contribution in [0.4, 0.5) is 17.1 Å². The van der Waals surface area contributed by atoms with Gasteiger partial charge in [0.25, 0.3) is 0 Å². The Morgan fingerprint density at radius 3 is 2.29 bits per heavy atom. The molecule has 0 aliphatic heterocycles. The fraction of sp³-hybridized carbons (Fsp3) is 0. The highest BCUT2D eigenvalue weighted by atomic mass is 32.1. The van der Waals surface area contributed by atoms with Crippen LogP contribution in [0.5, 0.6) is 0 Å². The third-order valence-corrected chi connectivity index (χ3v) is 6.01. The molecule has 0 aliphatic rings. The number of benzene rings is 4. The Kier molecular flexibility index (Phi) is 4.05. The smallest absolute Gasteiger partial charge is 0.187 e. The van der Waals surface area contributed by atoms with E-state index in [2.05, 4.69) is 76.9 Å². The lowest BCUT2D eigenvalue weighted by atomic mass is 10.0. The van der Waals surface area contributed by atoms with Gasteiger partial charge in [-0.3, -0.25) is 0 Å². The van der Waals surface area contributed by atoms with Crippen LogP contribution in [-0.4, -0.2) is 0 Å². The fourth-order valence-corrected chi connectivity index (χ4v) is 4.56.